The number of alkyl carbamates (subject to hydrolysis) is 1. The highest BCUT2D eigenvalue weighted by atomic mass is 16.5. The summed E-state index contributed by atoms with van der Waals surface area (Å²) in [5.41, 5.74) is 1.17. The number of methoxy groups -OCH3 is 1. The second-order valence-corrected chi connectivity index (χ2v) is 2.39. The smallest absolute Gasteiger partial charge is 0.406 e. The van der Waals surface area contributed by atoms with Gasteiger partial charge in [0.05, 0.1) is 7.11 Å². The fraction of sp³-hybridized carbons (Fsp3) is 0.375. The largest absolute Gasteiger partial charge is 0.453 e. The molecule has 0 aliphatic carbocycles. The van der Waals surface area contributed by atoms with Crippen LogP contribution in [-0.2, 0) is 11.2 Å². The van der Waals surface area contributed by atoms with Crippen molar-refractivity contribution in [3.05, 3.63) is 24.0 Å². The molecule has 0 saturated heterocycles. The summed E-state index contributed by atoms with van der Waals surface area (Å²) < 4.78 is 4.41. The molecule has 0 spiro atoms. The molecule has 0 aromatic carbocycles. The quantitative estimate of drug-likeness (QED) is 0.705. The molecule has 0 bridgehead atoms. The Bertz CT molecular complexity index is 231. The first-order valence-electron chi connectivity index (χ1n) is 3.76. The van der Waals surface area contributed by atoms with Gasteiger partial charge < -0.3 is 15.0 Å². The van der Waals surface area contributed by atoms with E-state index in [9.17, 15) is 4.79 Å². The third-order valence-electron chi connectivity index (χ3n) is 1.53. The maximum Gasteiger partial charge on any atom is 0.406 e. The molecule has 0 aliphatic rings. The zero-order valence-corrected chi connectivity index (χ0v) is 6.96. The summed E-state index contributed by atoms with van der Waals surface area (Å²) in [6.07, 6.45) is 4.19. The monoisotopic (exact) mass is 168 g/mol. The summed E-state index contributed by atoms with van der Waals surface area (Å²) in [6.45, 7) is 0.602. The topological polar surface area (TPSA) is 54.1 Å². The molecule has 0 saturated carbocycles. The van der Waals surface area contributed by atoms with E-state index in [0.717, 1.165) is 6.42 Å². The zero-order chi connectivity index (χ0) is 8.81. The zero-order valence-electron chi connectivity index (χ0n) is 6.96. The fourth-order valence-corrected chi connectivity index (χ4v) is 0.895. The third kappa shape index (κ3) is 2.65. The summed E-state index contributed by atoms with van der Waals surface area (Å²) in [5, 5.41) is 2.60. The van der Waals surface area contributed by atoms with Crippen molar-refractivity contribution in [2.75, 3.05) is 13.7 Å². The van der Waals surface area contributed by atoms with Crippen molar-refractivity contribution in [1.82, 2.24) is 10.3 Å². The number of amides is 1. The minimum atomic E-state index is -0.384. The van der Waals surface area contributed by atoms with Gasteiger partial charge in [-0.25, -0.2) is 4.79 Å². The van der Waals surface area contributed by atoms with E-state index >= 15 is 0 Å². The Morgan fingerprint density at radius 2 is 2.58 bits per heavy atom. The number of aromatic nitrogens is 1. The molecule has 1 aromatic rings. The van der Waals surface area contributed by atoms with Crippen LogP contribution in [0.15, 0.2) is 18.5 Å². The van der Waals surface area contributed by atoms with E-state index in [1.165, 1.54) is 12.7 Å². The van der Waals surface area contributed by atoms with Gasteiger partial charge in [0.25, 0.3) is 0 Å². The number of rotatable bonds is 3. The van der Waals surface area contributed by atoms with Gasteiger partial charge in [-0.3, -0.25) is 0 Å². The molecule has 0 atom stereocenters. The van der Waals surface area contributed by atoms with Crippen LogP contribution >= 0.6 is 0 Å². The van der Waals surface area contributed by atoms with Gasteiger partial charge in [-0.15, -0.1) is 0 Å². The molecule has 4 nitrogen and oxygen atoms in total. The van der Waals surface area contributed by atoms with E-state index in [-0.39, 0.29) is 6.09 Å². The molecule has 4 heteroatoms. The highest BCUT2D eigenvalue weighted by Crippen LogP contribution is 1.95. The minimum absolute atomic E-state index is 0.384. The molecule has 0 unspecified atom stereocenters. The summed E-state index contributed by atoms with van der Waals surface area (Å²) in [5.74, 6) is 0. The van der Waals surface area contributed by atoms with Crippen LogP contribution in [0.5, 0.6) is 0 Å². The van der Waals surface area contributed by atoms with Crippen molar-refractivity contribution >= 4 is 6.09 Å². The molecule has 0 radical (unpaired) electrons. The highest BCUT2D eigenvalue weighted by molar-refractivity contribution is 5.66. The van der Waals surface area contributed by atoms with Crippen molar-refractivity contribution < 1.29 is 9.53 Å². The third-order valence-corrected chi connectivity index (χ3v) is 1.53. The first-order chi connectivity index (χ1) is 5.83. The van der Waals surface area contributed by atoms with Crippen LogP contribution in [0.3, 0.4) is 0 Å². The Kier molecular flexibility index (Phi) is 3.19. The molecule has 0 aliphatic heterocycles. The van der Waals surface area contributed by atoms with Gasteiger partial charge in [0, 0.05) is 18.9 Å². The highest BCUT2D eigenvalue weighted by Gasteiger charge is 1.97. The van der Waals surface area contributed by atoms with Gasteiger partial charge in [0.15, 0.2) is 0 Å². The summed E-state index contributed by atoms with van der Waals surface area (Å²) >= 11 is 0. The molecule has 1 rings (SSSR count). The van der Waals surface area contributed by atoms with Gasteiger partial charge in [-0.1, -0.05) is 0 Å². The lowest BCUT2D eigenvalue weighted by molar-refractivity contribution is 0.171. The van der Waals surface area contributed by atoms with Crippen molar-refractivity contribution in [3.63, 3.8) is 0 Å². The van der Waals surface area contributed by atoms with Crippen LogP contribution in [0.1, 0.15) is 5.56 Å². The number of hydrogen-bond donors (Lipinski definition) is 2. The number of H-pyrrole nitrogens is 1. The van der Waals surface area contributed by atoms with Crippen LogP contribution in [0.25, 0.3) is 0 Å². The Hall–Kier alpha value is -1.45. The molecule has 0 fully saturated rings. The van der Waals surface area contributed by atoms with Crippen molar-refractivity contribution in [1.29, 1.82) is 0 Å². The number of carbonyl (C=O) groups excluding carboxylic acids is 1. The maximum absolute atomic E-state index is 10.6. The Morgan fingerprint density at radius 1 is 1.75 bits per heavy atom. The van der Waals surface area contributed by atoms with E-state index < -0.39 is 0 Å². The van der Waals surface area contributed by atoms with Crippen LogP contribution in [0.4, 0.5) is 4.79 Å². The lowest BCUT2D eigenvalue weighted by Gasteiger charge is -2.00. The van der Waals surface area contributed by atoms with E-state index in [1.54, 1.807) is 0 Å². The van der Waals surface area contributed by atoms with Crippen molar-refractivity contribution in [2.24, 2.45) is 0 Å². The maximum atomic E-state index is 10.6. The van der Waals surface area contributed by atoms with Crippen LogP contribution in [-0.4, -0.2) is 24.7 Å². The molecule has 2 N–H and O–H groups in total. The van der Waals surface area contributed by atoms with Crippen molar-refractivity contribution in [3.8, 4) is 0 Å². The van der Waals surface area contributed by atoms with Gasteiger partial charge in [0.1, 0.15) is 0 Å². The normalized spacial score (nSPS) is 9.42. The predicted octanol–water partition coefficient (Wildman–Crippen LogP) is 0.913. The summed E-state index contributed by atoms with van der Waals surface area (Å²) in [4.78, 5) is 13.5. The number of nitrogens with one attached hydrogen (secondary N) is 2. The average molecular weight is 168 g/mol. The second kappa shape index (κ2) is 4.43. The van der Waals surface area contributed by atoms with Crippen LogP contribution in [0, 0.1) is 0 Å². The Morgan fingerprint density at radius 3 is 3.17 bits per heavy atom. The Balaban J connectivity index is 2.15. The molecule has 1 aromatic heterocycles. The standard InChI is InChI=1S/C8H12N2O2/c1-12-8(11)10-5-3-7-2-4-9-6-7/h2,4,6,9H,3,5H2,1H3,(H,10,11). The van der Waals surface area contributed by atoms with E-state index in [4.69, 9.17) is 0 Å². The number of ether oxygens (including phenoxy) is 1. The lowest BCUT2D eigenvalue weighted by atomic mass is 10.2. The number of hydrogen-bond acceptors (Lipinski definition) is 2. The summed E-state index contributed by atoms with van der Waals surface area (Å²) in [6, 6.07) is 1.97. The molecule has 12 heavy (non-hydrogen) atoms. The van der Waals surface area contributed by atoms with Gasteiger partial charge in [0.2, 0.25) is 0 Å². The average Bonchev–Trinajstić information content (AvgIpc) is 2.57. The summed E-state index contributed by atoms with van der Waals surface area (Å²) in [7, 11) is 1.35. The van der Waals surface area contributed by atoms with E-state index in [0.29, 0.717) is 6.54 Å². The number of aromatic amines is 1. The lowest BCUT2D eigenvalue weighted by Crippen LogP contribution is -2.25. The molecule has 66 valence electrons. The Labute approximate surface area is 70.9 Å². The van der Waals surface area contributed by atoms with E-state index in [2.05, 4.69) is 15.0 Å². The first kappa shape index (κ1) is 8.64. The minimum Gasteiger partial charge on any atom is -0.453 e. The van der Waals surface area contributed by atoms with E-state index in [1.807, 2.05) is 18.5 Å². The van der Waals surface area contributed by atoms with Crippen molar-refractivity contribution in [2.45, 2.75) is 6.42 Å². The van der Waals surface area contributed by atoms with Gasteiger partial charge in [-0.05, 0) is 18.1 Å². The SMILES string of the molecule is COC(=O)NCCc1cc[nH]c1. The van der Waals surface area contributed by atoms with Crippen LogP contribution in [0.2, 0.25) is 0 Å². The molecular weight excluding hydrogens is 156 g/mol. The molecule has 1 amide bonds. The number of carbonyl (C=O) groups is 1. The first-order valence-corrected chi connectivity index (χ1v) is 3.76. The predicted molar refractivity (Wildman–Crippen MR) is 44.9 cm³/mol. The van der Waals surface area contributed by atoms with Crippen LogP contribution < -0.4 is 5.32 Å². The fourth-order valence-electron chi connectivity index (χ4n) is 0.895. The molecular formula is C8H12N2O2. The second-order valence-electron chi connectivity index (χ2n) is 2.39. The van der Waals surface area contributed by atoms with Gasteiger partial charge in [-0.2, -0.15) is 0 Å². The van der Waals surface area contributed by atoms with Gasteiger partial charge >= 0.3 is 6.09 Å². The molecule has 1 heterocycles.